The molecule has 0 aliphatic carbocycles. The van der Waals surface area contributed by atoms with Crippen LogP contribution in [0.5, 0.6) is 5.75 Å². The average Bonchev–Trinajstić information content (AvgIpc) is 3.37. The van der Waals surface area contributed by atoms with Crippen LogP contribution in [0.25, 0.3) is 16.6 Å². The number of anilines is 1. The lowest BCUT2D eigenvalue weighted by Gasteiger charge is -2.51. The highest BCUT2D eigenvalue weighted by atomic mass is 16.5. The summed E-state index contributed by atoms with van der Waals surface area (Å²) >= 11 is 0. The molecule has 6 rings (SSSR count). The zero-order valence-electron chi connectivity index (χ0n) is 18.9. The summed E-state index contributed by atoms with van der Waals surface area (Å²) in [5.74, 6) is 0.855. The number of likely N-dealkylation sites (tertiary alicyclic amines) is 1. The maximum absolute atomic E-state index is 13.3. The molecule has 2 aliphatic rings. The van der Waals surface area contributed by atoms with Crippen molar-refractivity contribution >= 4 is 22.5 Å². The average molecular weight is 439 g/mol. The maximum Gasteiger partial charge on any atom is 0.272 e. The number of aromatic nitrogens is 2. The molecule has 0 bridgehead atoms. The quantitative estimate of drug-likeness (QED) is 0.458. The minimum atomic E-state index is -0.170. The van der Waals surface area contributed by atoms with Crippen LogP contribution >= 0.6 is 0 Å². The fourth-order valence-electron chi connectivity index (χ4n) is 5.49. The molecular formula is C27H26N4O2. The van der Waals surface area contributed by atoms with Crippen molar-refractivity contribution in [2.24, 2.45) is 0 Å². The maximum atomic E-state index is 13.3. The fraction of sp³-hybridized carbons (Fsp3) is 0.259. The van der Waals surface area contributed by atoms with Crippen LogP contribution in [0, 0.1) is 0 Å². The van der Waals surface area contributed by atoms with Crippen molar-refractivity contribution in [3.8, 4) is 11.4 Å². The Labute approximate surface area is 193 Å². The first kappa shape index (κ1) is 19.9. The summed E-state index contributed by atoms with van der Waals surface area (Å²) < 4.78 is 7.79. The van der Waals surface area contributed by atoms with Gasteiger partial charge in [-0.15, -0.1) is 0 Å². The molecule has 0 N–H and O–H groups in total. The predicted octanol–water partition coefficient (Wildman–Crippen LogP) is 4.62. The van der Waals surface area contributed by atoms with E-state index in [1.807, 2.05) is 47.4 Å². The highest BCUT2D eigenvalue weighted by Gasteiger charge is 2.46. The van der Waals surface area contributed by atoms with Gasteiger partial charge >= 0.3 is 0 Å². The van der Waals surface area contributed by atoms with Crippen LogP contribution in [0.4, 0.5) is 5.69 Å². The number of carbonyl (C=O) groups excluding carboxylic acids is 1. The van der Waals surface area contributed by atoms with Crippen LogP contribution < -0.4 is 9.64 Å². The predicted molar refractivity (Wildman–Crippen MR) is 129 cm³/mol. The summed E-state index contributed by atoms with van der Waals surface area (Å²) in [4.78, 5) is 22.3. The van der Waals surface area contributed by atoms with Crippen molar-refractivity contribution in [2.45, 2.75) is 18.4 Å². The number of piperidine rings is 1. The van der Waals surface area contributed by atoms with Crippen molar-refractivity contribution < 1.29 is 9.53 Å². The van der Waals surface area contributed by atoms with E-state index in [1.165, 1.54) is 5.69 Å². The third-order valence-electron chi connectivity index (χ3n) is 7.37. The second-order valence-electron chi connectivity index (χ2n) is 8.89. The zero-order valence-corrected chi connectivity index (χ0v) is 18.9. The number of pyridine rings is 1. The Bertz CT molecular complexity index is 1370. The lowest BCUT2D eigenvalue weighted by molar-refractivity contribution is 0.0654. The minimum Gasteiger partial charge on any atom is -0.497 e. The van der Waals surface area contributed by atoms with Gasteiger partial charge in [0.25, 0.3) is 5.91 Å². The monoisotopic (exact) mass is 438 g/mol. The smallest absolute Gasteiger partial charge is 0.272 e. The Kier molecular flexibility index (Phi) is 4.43. The third kappa shape index (κ3) is 2.94. The van der Waals surface area contributed by atoms with E-state index in [4.69, 9.17) is 4.74 Å². The van der Waals surface area contributed by atoms with Gasteiger partial charge in [0.15, 0.2) is 0 Å². The summed E-state index contributed by atoms with van der Waals surface area (Å²) in [6.45, 7) is 1.37. The van der Waals surface area contributed by atoms with Gasteiger partial charge < -0.3 is 19.1 Å². The van der Waals surface area contributed by atoms with E-state index in [0.717, 1.165) is 40.9 Å². The summed E-state index contributed by atoms with van der Waals surface area (Å²) in [5, 5.41) is 1.05. The number of methoxy groups -OCH3 is 1. The number of nitrogens with zero attached hydrogens (tertiary/aromatic N) is 4. The van der Waals surface area contributed by atoms with Crippen LogP contribution in [0.1, 0.15) is 29.0 Å². The van der Waals surface area contributed by atoms with E-state index in [-0.39, 0.29) is 11.4 Å². The Hall–Kier alpha value is -3.80. The lowest BCUT2D eigenvalue weighted by Crippen LogP contribution is -2.55. The minimum absolute atomic E-state index is 0.00603. The van der Waals surface area contributed by atoms with Gasteiger partial charge in [-0.05, 0) is 49.2 Å². The number of amides is 1. The highest BCUT2D eigenvalue weighted by molar-refractivity contribution is 5.95. The molecule has 2 aromatic carbocycles. The number of ether oxygens (including phenoxy) is 1. The van der Waals surface area contributed by atoms with Crippen LogP contribution in [0.15, 0.2) is 72.9 Å². The molecule has 2 aliphatic heterocycles. The number of hydrogen-bond acceptors (Lipinski definition) is 4. The third-order valence-corrected chi connectivity index (χ3v) is 7.37. The second kappa shape index (κ2) is 7.37. The van der Waals surface area contributed by atoms with Crippen molar-refractivity contribution in [1.29, 1.82) is 0 Å². The molecule has 1 spiro atoms. The van der Waals surface area contributed by atoms with Gasteiger partial charge in [0.05, 0.1) is 29.5 Å². The molecule has 6 nitrogen and oxygen atoms in total. The van der Waals surface area contributed by atoms with Crippen molar-refractivity contribution in [2.75, 3.05) is 32.1 Å². The van der Waals surface area contributed by atoms with Crippen molar-refractivity contribution in [3.63, 3.8) is 0 Å². The Morgan fingerprint density at radius 3 is 2.61 bits per heavy atom. The first-order valence-electron chi connectivity index (χ1n) is 11.4. The summed E-state index contributed by atoms with van der Waals surface area (Å²) in [7, 11) is 3.86. The van der Waals surface area contributed by atoms with Gasteiger partial charge in [-0.1, -0.05) is 24.3 Å². The first-order chi connectivity index (χ1) is 16.1. The molecular weight excluding hydrogens is 412 g/mol. The Balaban J connectivity index is 1.30. The number of hydrogen-bond donors (Lipinski definition) is 0. The molecule has 33 heavy (non-hydrogen) atoms. The lowest BCUT2D eigenvalue weighted by atomic mass is 9.80. The van der Waals surface area contributed by atoms with E-state index in [2.05, 4.69) is 52.0 Å². The molecule has 1 fully saturated rings. The SMILES string of the molecule is COc1ccc2c(c1)N(C)C1(CCN(C(=O)c3ccc4ccccc4n3)CC1)c1cccn1-2. The van der Waals surface area contributed by atoms with E-state index < -0.39 is 0 Å². The molecule has 6 heteroatoms. The normalized spacial score (nSPS) is 16.5. The number of carbonyl (C=O) groups is 1. The molecule has 0 saturated carbocycles. The summed E-state index contributed by atoms with van der Waals surface area (Å²) in [6.07, 6.45) is 3.83. The molecule has 2 aromatic heterocycles. The van der Waals surface area contributed by atoms with Crippen LogP contribution in [-0.4, -0.2) is 47.6 Å². The standard InChI is InChI=1S/C27H26N4O2/c1-29-24-18-20(33-2)10-12-23(24)31-15-5-8-25(31)27(29)13-16-30(17-14-27)26(32)22-11-9-19-6-3-4-7-21(19)28-22/h3-12,15,18H,13-14,16-17H2,1-2H3. The van der Waals surface area contributed by atoms with Crippen molar-refractivity contribution in [3.05, 3.63) is 84.3 Å². The van der Waals surface area contributed by atoms with Gasteiger partial charge in [-0.3, -0.25) is 4.79 Å². The van der Waals surface area contributed by atoms with E-state index in [9.17, 15) is 4.79 Å². The fourth-order valence-corrected chi connectivity index (χ4v) is 5.49. The van der Waals surface area contributed by atoms with Gasteiger partial charge in [0.1, 0.15) is 11.4 Å². The molecule has 0 radical (unpaired) electrons. The second-order valence-corrected chi connectivity index (χ2v) is 8.89. The number of para-hydroxylation sites is 1. The zero-order chi connectivity index (χ0) is 22.6. The summed E-state index contributed by atoms with van der Waals surface area (Å²) in [6, 6.07) is 22.3. The largest absolute Gasteiger partial charge is 0.497 e. The molecule has 1 amide bonds. The van der Waals surface area contributed by atoms with Gasteiger partial charge in [0, 0.05) is 43.5 Å². The molecule has 4 heterocycles. The molecule has 1 saturated heterocycles. The number of rotatable bonds is 2. The van der Waals surface area contributed by atoms with E-state index >= 15 is 0 Å². The highest BCUT2D eigenvalue weighted by Crippen LogP contribution is 2.48. The number of fused-ring (bicyclic) bond motifs is 5. The Morgan fingerprint density at radius 2 is 1.79 bits per heavy atom. The summed E-state index contributed by atoms with van der Waals surface area (Å²) in [5.41, 5.74) is 4.78. The van der Waals surface area contributed by atoms with Crippen LogP contribution in [-0.2, 0) is 5.54 Å². The van der Waals surface area contributed by atoms with Crippen molar-refractivity contribution in [1.82, 2.24) is 14.5 Å². The molecule has 4 aromatic rings. The molecule has 166 valence electrons. The van der Waals surface area contributed by atoms with Gasteiger partial charge in [-0.2, -0.15) is 0 Å². The molecule has 0 atom stereocenters. The van der Waals surface area contributed by atoms with Gasteiger partial charge in [-0.25, -0.2) is 4.98 Å². The topological polar surface area (TPSA) is 50.6 Å². The van der Waals surface area contributed by atoms with Crippen LogP contribution in [0.3, 0.4) is 0 Å². The van der Waals surface area contributed by atoms with E-state index in [0.29, 0.717) is 18.8 Å². The van der Waals surface area contributed by atoms with Gasteiger partial charge in [0.2, 0.25) is 0 Å². The molecule has 0 unspecified atom stereocenters. The Morgan fingerprint density at radius 1 is 0.970 bits per heavy atom. The van der Waals surface area contributed by atoms with Crippen LogP contribution in [0.2, 0.25) is 0 Å². The van der Waals surface area contributed by atoms with E-state index in [1.54, 1.807) is 7.11 Å². The first-order valence-corrected chi connectivity index (χ1v) is 11.4. The number of benzene rings is 2.